The van der Waals surface area contributed by atoms with Crippen LogP contribution in [0.25, 0.3) is 0 Å². The Morgan fingerprint density at radius 1 is 1.77 bits per heavy atom. The van der Waals surface area contributed by atoms with Crippen LogP contribution >= 0.6 is 12.2 Å². The molecule has 13 heavy (non-hydrogen) atoms. The molecule has 2 rings (SSSR count). The van der Waals surface area contributed by atoms with E-state index in [1.165, 1.54) is 4.68 Å². The number of nitrogens with two attached hydrogens (primary N) is 1. The summed E-state index contributed by atoms with van der Waals surface area (Å²) in [5.41, 5.74) is 0. The van der Waals surface area contributed by atoms with Crippen molar-refractivity contribution in [1.29, 1.82) is 0 Å². The Morgan fingerprint density at radius 2 is 2.54 bits per heavy atom. The molecule has 0 bridgehead atoms. The van der Waals surface area contributed by atoms with E-state index in [1.54, 1.807) is 0 Å². The molecule has 2 unspecified atom stereocenters. The second kappa shape index (κ2) is 3.12. The molecule has 5 nitrogen and oxygen atoms in total. The number of nitrogens with zero attached hydrogens (tertiary/aromatic N) is 2. The minimum atomic E-state index is 0.174. The van der Waals surface area contributed by atoms with Gasteiger partial charge in [0.1, 0.15) is 0 Å². The molecule has 3 N–H and O–H groups in total. The smallest absolute Gasteiger partial charge is 0.214 e. The second-order valence-corrected chi connectivity index (χ2v) is 3.61. The van der Waals surface area contributed by atoms with Crippen LogP contribution in [0.3, 0.4) is 0 Å². The molecule has 6 heteroatoms. The van der Waals surface area contributed by atoms with E-state index in [4.69, 9.17) is 22.8 Å². The summed E-state index contributed by atoms with van der Waals surface area (Å²) >= 11 is 4.93. The third-order valence-electron chi connectivity index (χ3n) is 2.44. The molecule has 1 aromatic rings. The summed E-state index contributed by atoms with van der Waals surface area (Å²) in [7, 11) is 0. The van der Waals surface area contributed by atoms with Crippen LogP contribution in [0.5, 0.6) is 0 Å². The topological polar surface area (TPSA) is 68.9 Å². The van der Waals surface area contributed by atoms with Crippen molar-refractivity contribution in [2.24, 2.45) is 0 Å². The largest absolute Gasteiger partial charge is 0.378 e. The summed E-state index contributed by atoms with van der Waals surface area (Å²) in [4.78, 5) is 0. The summed E-state index contributed by atoms with van der Waals surface area (Å²) in [6, 6.07) is 0. The van der Waals surface area contributed by atoms with E-state index in [0.29, 0.717) is 4.77 Å². The molecule has 2 atom stereocenters. The highest BCUT2D eigenvalue weighted by molar-refractivity contribution is 7.71. The van der Waals surface area contributed by atoms with Crippen LogP contribution in [0.2, 0.25) is 0 Å². The monoisotopic (exact) mass is 200 g/mol. The zero-order chi connectivity index (χ0) is 9.42. The van der Waals surface area contributed by atoms with Crippen LogP contribution in [0.1, 0.15) is 25.1 Å². The number of aromatic amines is 1. The zero-order valence-corrected chi connectivity index (χ0v) is 8.17. The summed E-state index contributed by atoms with van der Waals surface area (Å²) in [5, 5.41) is 6.76. The van der Waals surface area contributed by atoms with Gasteiger partial charge in [0.25, 0.3) is 0 Å². The predicted octanol–water partition coefficient (Wildman–Crippen LogP) is 0.547. The lowest BCUT2D eigenvalue weighted by Crippen LogP contribution is -2.20. The molecule has 1 saturated heterocycles. The second-order valence-electron chi connectivity index (χ2n) is 3.23. The Morgan fingerprint density at radius 3 is 3.00 bits per heavy atom. The average molecular weight is 200 g/mol. The molecule has 1 aliphatic rings. The molecule has 0 amide bonds. The molecule has 0 saturated carbocycles. The van der Waals surface area contributed by atoms with Gasteiger partial charge in [0, 0.05) is 12.5 Å². The van der Waals surface area contributed by atoms with Crippen molar-refractivity contribution >= 4 is 12.2 Å². The van der Waals surface area contributed by atoms with Gasteiger partial charge < -0.3 is 10.6 Å². The van der Waals surface area contributed by atoms with Crippen LogP contribution in [-0.4, -0.2) is 27.6 Å². The maximum Gasteiger partial charge on any atom is 0.214 e. The van der Waals surface area contributed by atoms with Crippen molar-refractivity contribution in [2.75, 3.05) is 12.4 Å². The van der Waals surface area contributed by atoms with E-state index in [0.717, 1.165) is 18.9 Å². The molecule has 0 aromatic carbocycles. The number of nitrogen functional groups attached to an aromatic ring is 1. The van der Waals surface area contributed by atoms with E-state index in [-0.39, 0.29) is 12.0 Å². The van der Waals surface area contributed by atoms with Gasteiger partial charge in [0.2, 0.25) is 4.77 Å². The van der Waals surface area contributed by atoms with Crippen molar-refractivity contribution in [1.82, 2.24) is 14.9 Å². The zero-order valence-electron chi connectivity index (χ0n) is 7.36. The first kappa shape index (κ1) is 8.71. The van der Waals surface area contributed by atoms with Gasteiger partial charge in [0.05, 0.1) is 6.10 Å². The summed E-state index contributed by atoms with van der Waals surface area (Å²) in [6.45, 7) is 2.79. The number of rotatable bonds is 1. The Balaban J connectivity index is 2.34. The number of ether oxygens (including phenoxy) is 1. The number of aromatic nitrogens is 3. The number of hydrogen-bond acceptors (Lipinski definition) is 4. The summed E-state index contributed by atoms with van der Waals surface area (Å²) in [6.07, 6.45) is 1.13. The molecule has 2 heterocycles. The Hall–Kier alpha value is -0.880. The SMILES string of the molecule is CC1OCCC1c1n[nH]c(=S)n1N. The summed E-state index contributed by atoms with van der Waals surface area (Å²) < 4.78 is 7.30. The molecular weight excluding hydrogens is 188 g/mol. The number of hydrogen-bond donors (Lipinski definition) is 2. The fourth-order valence-corrected chi connectivity index (χ4v) is 1.79. The Kier molecular flexibility index (Phi) is 2.09. The molecule has 1 aromatic heterocycles. The first-order valence-corrected chi connectivity index (χ1v) is 4.65. The maximum atomic E-state index is 5.71. The fourth-order valence-electron chi connectivity index (χ4n) is 1.65. The Labute approximate surface area is 80.9 Å². The van der Waals surface area contributed by atoms with Gasteiger partial charge >= 0.3 is 0 Å². The highest BCUT2D eigenvalue weighted by atomic mass is 32.1. The summed E-state index contributed by atoms with van der Waals surface area (Å²) in [5.74, 6) is 6.76. The van der Waals surface area contributed by atoms with Crippen LogP contribution in [0.15, 0.2) is 0 Å². The van der Waals surface area contributed by atoms with Crippen LogP contribution in [0, 0.1) is 4.77 Å². The highest BCUT2D eigenvalue weighted by Gasteiger charge is 2.29. The molecule has 1 aliphatic heterocycles. The quantitative estimate of drug-likeness (QED) is 0.513. The van der Waals surface area contributed by atoms with E-state index >= 15 is 0 Å². The van der Waals surface area contributed by atoms with Gasteiger partial charge in [0.15, 0.2) is 5.82 Å². The predicted molar refractivity (Wildman–Crippen MR) is 50.3 cm³/mol. The van der Waals surface area contributed by atoms with Crippen molar-refractivity contribution in [3.8, 4) is 0 Å². The first-order valence-electron chi connectivity index (χ1n) is 4.24. The van der Waals surface area contributed by atoms with Crippen molar-refractivity contribution in [3.05, 3.63) is 10.6 Å². The van der Waals surface area contributed by atoms with Crippen molar-refractivity contribution < 1.29 is 4.74 Å². The van der Waals surface area contributed by atoms with Crippen LogP contribution < -0.4 is 5.84 Å². The van der Waals surface area contributed by atoms with Crippen LogP contribution in [0.4, 0.5) is 0 Å². The standard InChI is InChI=1S/C7H12N4OS/c1-4-5(2-3-12-4)6-9-10-7(13)11(6)8/h4-5H,2-3,8H2,1H3,(H,10,13). The number of nitrogens with one attached hydrogen (secondary N) is 1. The van der Waals surface area contributed by atoms with Gasteiger partial charge in [-0.05, 0) is 25.6 Å². The third kappa shape index (κ3) is 1.36. The Bertz CT molecular complexity index is 358. The minimum Gasteiger partial charge on any atom is -0.378 e. The molecule has 1 fully saturated rings. The van der Waals surface area contributed by atoms with Gasteiger partial charge in [-0.25, -0.2) is 4.68 Å². The van der Waals surface area contributed by atoms with E-state index in [2.05, 4.69) is 10.2 Å². The van der Waals surface area contributed by atoms with Crippen molar-refractivity contribution in [3.63, 3.8) is 0 Å². The molecule has 0 aliphatic carbocycles. The lowest BCUT2D eigenvalue weighted by molar-refractivity contribution is 0.117. The molecule has 0 radical (unpaired) electrons. The highest BCUT2D eigenvalue weighted by Crippen LogP contribution is 2.28. The van der Waals surface area contributed by atoms with E-state index in [1.807, 2.05) is 6.92 Å². The van der Waals surface area contributed by atoms with E-state index < -0.39 is 0 Å². The minimum absolute atomic E-state index is 0.174. The maximum absolute atomic E-state index is 5.71. The van der Waals surface area contributed by atoms with Gasteiger partial charge in [-0.1, -0.05) is 0 Å². The van der Waals surface area contributed by atoms with Gasteiger partial charge in [-0.2, -0.15) is 5.10 Å². The molecule has 0 spiro atoms. The average Bonchev–Trinajstić information content (AvgIpc) is 2.62. The van der Waals surface area contributed by atoms with Gasteiger partial charge in [-0.15, -0.1) is 0 Å². The molecular formula is C7H12N4OS. The lowest BCUT2D eigenvalue weighted by atomic mass is 10.0. The van der Waals surface area contributed by atoms with Crippen LogP contribution in [-0.2, 0) is 4.74 Å². The third-order valence-corrected chi connectivity index (χ3v) is 2.73. The molecule has 72 valence electrons. The first-order chi connectivity index (χ1) is 6.20. The normalized spacial score (nSPS) is 28.1. The number of H-pyrrole nitrogens is 1. The van der Waals surface area contributed by atoms with Crippen molar-refractivity contribution in [2.45, 2.75) is 25.4 Å². The lowest BCUT2D eigenvalue weighted by Gasteiger charge is -2.11. The fraction of sp³-hybridized carbons (Fsp3) is 0.714. The van der Waals surface area contributed by atoms with Gasteiger partial charge in [-0.3, -0.25) is 5.10 Å². The van der Waals surface area contributed by atoms with E-state index in [9.17, 15) is 0 Å².